The zero-order valence-electron chi connectivity index (χ0n) is 62.4. The molecular weight excluding hydrogens is 1050 g/mol. The average molecular weight is 1200 g/mol. The largest absolute Gasteiger partial charge is 0.244 e. The smallest absolute Gasteiger partial charge is 0.118 e. The maximum atomic E-state index is 15.4. The molecule has 0 nitrogen and oxygen atoms in total. The molecule has 1 atom stereocenters. The highest BCUT2D eigenvalue weighted by Crippen LogP contribution is 2.54. The van der Waals surface area contributed by atoms with E-state index in [-0.39, 0.29) is 46.3 Å². The molecule has 0 aromatic rings. The molecule has 0 bridgehead atoms. The second-order valence-electron chi connectivity index (χ2n) is 32.4. The van der Waals surface area contributed by atoms with E-state index in [9.17, 15) is 22.0 Å². The molecule has 3 saturated carbocycles. The number of hydrogen-bond acceptors (Lipinski definition) is 0. The predicted octanol–water partition coefficient (Wildman–Crippen LogP) is 28.1. The van der Waals surface area contributed by atoms with E-state index in [1.807, 2.05) is 27.7 Å². The summed E-state index contributed by atoms with van der Waals surface area (Å²) in [5.41, 5.74) is -6.67. The van der Waals surface area contributed by atoms with Gasteiger partial charge in [0.2, 0.25) is 0 Å². The third kappa shape index (κ3) is 30.3. The molecule has 0 unspecified atom stereocenters. The van der Waals surface area contributed by atoms with E-state index < -0.39 is 39.7 Å². The molecule has 3 aliphatic carbocycles. The zero-order valence-corrected chi connectivity index (χ0v) is 62.4. The fourth-order valence-electron chi connectivity index (χ4n) is 15.7. The van der Waals surface area contributed by atoms with Gasteiger partial charge in [-0.3, -0.25) is 0 Å². The van der Waals surface area contributed by atoms with Gasteiger partial charge in [-0.25, -0.2) is 30.7 Å². The van der Waals surface area contributed by atoms with Crippen LogP contribution >= 0.6 is 0 Å². The lowest BCUT2D eigenvalue weighted by molar-refractivity contribution is -0.0946. The van der Waals surface area contributed by atoms with Crippen LogP contribution in [0, 0.1) is 87.3 Å². The van der Waals surface area contributed by atoms with Crippen molar-refractivity contribution in [2.45, 2.75) is 403 Å². The third-order valence-corrected chi connectivity index (χ3v) is 22.5. The molecule has 0 aromatic heterocycles. The standard InChI is InChI=1S/C16H33F.C14H29F.2C12H25F.C9H17F.C7H13F.C6H11F/c1-10(2)14(11(3)4)16(9,17)15(12(5)6)13(7)8;1-8-12(5,9-2)14(7,15)13(6,10-3)11-4;1-8(2)11(9(3)4)12(7,13)10(5)6;1-6-10(7-2)12(5,13)11(8-3)9-4;1-8(2)4-6-9(3,10)7-5-8;1-7(8)5-3-2-4-6-7;1-6(7)4-2-3-5-6/h10-15H,1-9H3;8-11H2,1-7H3;8-11H,1-7H3;10-11H,6-9H2,1-5H3;4-7H2,1-3H3;2-6H2,1H3;2-5H2,1H3/t;;12-;;;;/m..0..../s1. The maximum absolute atomic E-state index is 15.4. The summed E-state index contributed by atoms with van der Waals surface area (Å²) in [6.45, 7) is 67.4. The normalized spacial score (nSPS) is 18.9. The molecule has 0 N–H and O–H groups in total. The minimum atomic E-state index is -1.09. The summed E-state index contributed by atoms with van der Waals surface area (Å²) in [5.74, 6) is 3.40. The molecule has 0 aliphatic heterocycles. The summed E-state index contributed by atoms with van der Waals surface area (Å²) in [7, 11) is 0. The van der Waals surface area contributed by atoms with E-state index in [1.165, 1.54) is 6.42 Å². The van der Waals surface area contributed by atoms with Crippen molar-refractivity contribution in [3.8, 4) is 0 Å². The Morgan fingerprint density at radius 3 is 0.687 bits per heavy atom. The van der Waals surface area contributed by atoms with Crippen LogP contribution in [0.3, 0.4) is 0 Å². The molecule has 0 aromatic carbocycles. The second-order valence-corrected chi connectivity index (χ2v) is 32.4. The minimum absolute atomic E-state index is 0.0994. The van der Waals surface area contributed by atoms with E-state index in [4.69, 9.17) is 0 Å². The van der Waals surface area contributed by atoms with Crippen LogP contribution in [0.4, 0.5) is 30.7 Å². The fraction of sp³-hybridized carbons (Fsp3) is 1.00. The Balaban J connectivity index is -0.000000445. The Hall–Kier alpha value is -0.490. The van der Waals surface area contributed by atoms with Crippen LogP contribution in [0.25, 0.3) is 0 Å². The second kappa shape index (κ2) is 38.9. The van der Waals surface area contributed by atoms with Gasteiger partial charge in [0.15, 0.2) is 0 Å². The van der Waals surface area contributed by atoms with Crippen molar-refractivity contribution in [2.75, 3.05) is 0 Å². The van der Waals surface area contributed by atoms with Gasteiger partial charge in [0.25, 0.3) is 0 Å². The van der Waals surface area contributed by atoms with Crippen LogP contribution in [0.2, 0.25) is 0 Å². The van der Waals surface area contributed by atoms with Gasteiger partial charge < -0.3 is 0 Å². The van der Waals surface area contributed by atoms with Crippen molar-refractivity contribution < 1.29 is 30.7 Å². The first-order valence-electron chi connectivity index (χ1n) is 35.2. The Labute approximate surface area is 518 Å². The molecule has 0 radical (unpaired) electrons. The van der Waals surface area contributed by atoms with Crippen molar-refractivity contribution in [1.29, 1.82) is 0 Å². The Morgan fingerprint density at radius 2 is 0.530 bits per heavy atom. The van der Waals surface area contributed by atoms with Crippen LogP contribution in [0.1, 0.15) is 363 Å². The summed E-state index contributed by atoms with van der Waals surface area (Å²) >= 11 is 0. The van der Waals surface area contributed by atoms with Crippen LogP contribution in [-0.4, -0.2) is 39.7 Å². The molecule has 506 valence electrons. The van der Waals surface area contributed by atoms with E-state index >= 15 is 8.78 Å². The average Bonchev–Trinajstić information content (AvgIpc) is 3.75. The van der Waals surface area contributed by atoms with Crippen molar-refractivity contribution in [3.63, 3.8) is 0 Å². The molecule has 0 saturated heterocycles. The topological polar surface area (TPSA) is 0 Å². The van der Waals surface area contributed by atoms with Crippen LogP contribution in [-0.2, 0) is 0 Å². The van der Waals surface area contributed by atoms with E-state index in [2.05, 4.69) is 166 Å². The summed E-state index contributed by atoms with van der Waals surface area (Å²) < 4.78 is 98.1. The summed E-state index contributed by atoms with van der Waals surface area (Å²) in [5, 5.41) is 0. The highest BCUT2D eigenvalue weighted by atomic mass is 19.2. The third-order valence-electron chi connectivity index (χ3n) is 22.5. The van der Waals surface area contributed by atoms with Crippen molar-refractivity contribution in [3.05, 3.63) is 0 Å². The lowest BCUT2D eigenvalue weighted by Crippen LogP contribution is -2.51. The first-order chi connectivity index (χ1) is 37.3. The molecule has 3 fully saturated rings. The molecule has 0 heterocycles. The Kier molecular flexibility index (Phi) is 41.7. The molecule has 0 amide bonds. The lowest BCUT2D eigenvalue weighted by atomic mass is 9.57. The van der Waals surface area contributed by atoms with Gasteiger partial charge in [-0.2, -0.15) is 0 Å². The number of alkyl halides is 7. The van der Waals surface area contributed by atoms with Gasteiger partial charge in [0, 0.05) is 10.8 Å². The summed E-state index contributed by atoms with van der Waals surface area (Å²) in [4.78, 5) is 0. The maximum Gasteiger partial charge on any atom is 0.118 e. The molecule has 83 heavy (non-hydrogen) atoms. The molecule has 7 heteroatoms. The van der Waals surface area contributed by atoms with Crippen molar-refractivity contribution in [2.24, 2.45) is 87.3 Å². The zero-order chi connectivity index (χ0) is 66.8. The minimum Gasteiger partial charge on any atom is -0.244 e. The monoisotopic (exact) mass is 1200 g/mol. The van der Waals surface area contributed by atoms with E-state index in [0.29, 0.717) is 40.9 Å². The number of halogens is 7. The highest BCUT2D eigenvalue weighted by molar-refractivity contribution is 5.02. The Bertz CT molecular complexity index is 1450. The number of rotatable bonds is 22. The van der Waals surface area contributed by atoms with Gasteiger partial charge in [-0.15, -0.1) is 0 Å². The molecule has 0 spiro atoms. The van der Waals surface area contributed by atoms with Crippen molar-refractivity contribution >= 4 is 0 Å². The molecule has 3 rings (SSSR count). The van der Waals surface area contributed by atoms with Crippen LogP contribution < -0.4 is 0 Å². The van der Waals surface area contributed by atoms with Gasteiger partial charge in [0.05, 0.1) is 0 Å². The first kappa shape index (κ1) is 88.9. The van der Waals surface area contributed by atoms with Gasteiger partial charge in [-0.1, -0.05) is 238 Å². The van der Waals surface area contributed by atoms with E-state index in [0.717, 1.165) is 128 Å². The first-order valence-corrected chi connectivity index (χ1v) is 35.2. The molecular formula is C76H153F7. The Morgan fingerprint density at radius 1 is 0.313 bits per heavy atom. The van der Waals surface area contributed by atoms with Crippen molar-refractivity contribution in [1.82, 2.24) is 0 Å². The summed E-state index contributed by atoms with van der Waals surface area (Å²) in [6, 6.07) is 0. The SMILES string of the molecule is CC(C)C(C(C)C)C(C)(F)C(C(C)C)C(C)C.CC(C)C(C(C)C)[C@@](C)(F)C(C)C.CC1(C)CCC(C)(F)CC1.CC1(F)CCCC1.CC1(F)CCCCC1.CCC(C)(CC)C(C)(F)C(C)(CC)CC.CCC(CC)C(C)(F)C(CC)CC. The van der Waals surface area contributed by atoms with Gasteiger partial charge in [0.1, 0.15) is 39.7 Å². The van der Waals surface area contributed by atoms with E-state index in [1.54, 1.807) is 34.6 Å². The quantitative estimate of drug-likeness (QED) is 0.0948. The molecule has 3 aliphatic rings. The number of hydrogen-bond donors (Lipinski definition) is 0. The lowest BCUT2D eigenvalue weighted by Gasteiger charge is -2.51. The summed E-state index contributed by atoms with van der Waals surface area (Å²) in [6.07, 6.45) is 19.8. The van der Waals surface area contributed by atoms with Crippen LogP contribution in [0.5, 0.6) is 0 Å². The van der Waals surface area contributed by atoms with Gasteiger partial charge in [-0.05, 0) is 202 Å². The highest BCUT2D eigenvalue weighted by Gasteiger charge is 2.53. The van der Waals surface area contributed by atoms with Crippen LogP contribution in [0.15, 0.2) is 0 Å². The fourth-order valence-corrected chi connectivity index (χ4v) is 15.7. The predicted molar refractivity (Wildman–Crippen MR) is 360 cm³/mol. The van der Waals surface area contributed by atoms with Gasteiger partial charge >= 0.3 is 0 Å².